The molecule has 0 saturated carbocycles. The molecule has 1 amide bonds. The molecular formula is C18H15F3N4O2. The predicted molar refractivity (Wildman–Crippen MR) is 90.6 cm³/mol. The molecule has 0 aliphatic carbocycles. The van der Waals surface area contributed by atoms with Gasteiger partial charge in [0, 0.05) is 24.5 Å². The van der Waals surface area contributed by atoms with E-state index in [0.29, 0.717) is 5.56 Å². The third-order valence-corrected chi connectivity index (χ3v) is 3.84. The lowest BCUT2D eigenvalue weighted by Crippen LogP contribution is -2.14. The number of carbonyl (C=O) groups is 1. The minimum absolute atomic E-state index is 0.120. The highest BCUT2D eigenvalue weighted by Crippen LogP contribution is 2.14. The van der Waals surface area contributed by atoms with Gasteiger partial charge in [0.1, 0.15) is 6.67 Å². The van der Waals surface area contributed by atoms with Crippen LogP contribution in [0.2, 0.25) is 0 Å². The van der Waals surface area contributed by atoms with E-state index in [9.17, 15) is 18.0 Å². The topological polar surface area (TPSA) is 80.0 Å². The Balaban J connectivity index is 1.70. The van der Waals surface area contributed by atoms with Crippen molar-refractivity contribution in [3.05, 3.63) is 77.0 Å². The standard InChI is InChI=1S/C18H15F3N4O2/c19-5-12-4-13(6-22-16(12)9-26)18(27)24-17-8-25(10-23-17)7-11-1-2-14(20)15(21)3-11/h1-4,6,8,10,26H,5,7,9H2,(H,24,27). The van der Waals surface area contributed by atoms with Gasteiger partial charge >= 0.3 is 0 Å². The smallest absolute Gasteiger partial charge is 0.258 e. The number of aliphatic hydroxyl groups excluding tert-OH is 1. The SMILES string of the molecule is O=C(Nc1cn(Cc2ccc(F)c(F)c2)cn1)c1cnc(CO)c(CF)c1. The highest BCUT2D eigenvalue weighted by molar-refractivity contribution is 6.03. The third kappa shape index (κ3) is 4.32. The number of alkyl halides is 1. The van der Waals surface area contributed by atoms with Crippen molar-refractivity contribution in [2.45, 2.75) is 19.8 Å². The molecule has 0 atom stereocenters. The first-order valence-electron chi connectivity index (χ1n) is 7.92. The molecular weight excluding hydrogens is 361 g/mol. The van der Waals surface area contributed by atoms with Crippen LogP contribution >= 0.6 is 0 Å². The van der Waals surface area contributed by atoms with E-state index in [2.05, 4.69) is 15.3 Å². The second-order valence-corrected chi connectivity index (χ2v) is 5.76. The number of amides is 1. The largest absolute Gasteiger partial charge is 0.390 e. The van der Waals surface area contributed by atoms with Crippen molar-refractivity contribution < 1.29 is 23.1 Å². The number of pyridine rings is 1. The fourth-order valence-corrected chi connectivity index (χ4v) is 2.47. The summed E-state index contributed by atoms with van der Waals surface area (Å²) in [4.78, 5) is 20.1. The molecule has 3 aromatic rings. The van der Waals surface area contributed by atoms with Gasteiger partial charge in [0.25, 0.3) is 5.91 Å². The molecule has 27 heavy (non-hydrogen) atoms. The van der Waals surface area contributed by atoms with Crippen molar-refractivity contribution in [1.82, 2.24) is 14.5 Å². The van der Waals surface area contributed by atoms with Gasteiger partial charge in [-0.25, -0.2) is 18.2 Å². The number of imidazole rings is 1. The average Bonchev–Trinajstić information content (AvgIpc) is 3.10. The molecule has 0 aliphatic heterocycles. The van der Waals surface area contributed by atoms with Crippen LogP contribution in [-0.2, 0) is 19.8 Å². The lowest BCUT2D eigenvalue weighted by Gasteiger charge is -2.06. The van der Waals surface area contributed by atoms with Gasteiger partial charge < -0.3 is 15.0 Å². The quantitative estimate of drug-likeness (QED) is 0.693. The van der Waals surface area contributed by atoms with Crippen LogP contribution in [0.4, 0.5) is 19.0 Å². The summed E-state index contributed by atoms with van der Waals surface area (Å²) in [5.41, 5.74) is 0.953. The molecule has 0 radical (unpaired) electrons. The lowest BCUT2D eigenvalue weighted by atomic mass is 10.1. The van der Waals surface area contributed by atoms with Crippen molar-refractivity contribution in [3.8, 4) is 0 Å². The van der Waals surface area contributed by atoms with Gasteiger partial charge in [-0.15, -0.1) is 0 Å². The summed E-state index contributed by atoms with van der Waals surface area (Å²) in [6, 6.07) is 4.88. The molecule has 140 valence electrons. The van der Waals surface area contributed by atoms with E-state index < -0.39 is 30.8 Å². The number of nitrogens with zero attached hydrogens (tertiary/aromatic N) is 3. The van der Waals surface area contributed by atoms with Crippen LogP contribution in [0.15, 0.2) is 43.0 Å². The van der Waals surface area contributed by atoms with Crippen molar-refractivity contribution in [3.63, 3.8) is 0 Å². The lowest BCUT2D eigenvalue weighted by molar-refractivity contribution is 0.102. The Labute approximate surface area is 152 Å². The summed E-state index contributed by atoms with van der Waals surface area (Å²) < 4.78 is 40.8. The highest BCUT2D eigenvalue weighted by Gasteiger charge is 2.12. The monoisotopic (exact) mass is 376 g/mol. The summed E-state index contributed by atoms with van der Waals surface area (Å²) >= 11 is 0. The van der Waals surface area contributed by atoms with Crippen LogP contribution in [-0.4, -0.2) is 25.5 Å². The van der Waals surface area contributed by atoms with Gasteiger partial charge in [-0.2, -0.15) is 0 Å². The van der Waals surface area contributed by atoms with E-state index in [1.165, 1.54) is 30.9 Å². The number of halogens is 3. The first-order chi connectivity index (χ1) is 13.0. The van der Waals surface area contributed by atoms with Gasteiger partial charge in [0.2, 0.25) is 0 Å². The number of anilines is 1. The second kappa shape index (κ2) is 8.00. The Hall–Kier alpha value is -3.20. The maximum Gasteiger partial charge on any atom is 0.258 e. The molecule has 1 aromatic carbocycles. The summed E-state index contributed by atoms with van der Waals surface area (Å²) in [5.74, 6) is -2.18. The molecule has 0 fully saturated rings. The van der Waals surface area contributed by atoms with Gasteiger partial charge in [-0.05, 0) is 23.8 Å². The normalized spacial score (nSPS) is 10.8. The van der Waals surface area contributed by atoms with Gasteiger partial charge in [0.15, 0.2) is 17.5 Å². The molecule has 0 bridgehead atoms. The van der Waals surface area contributed by atoms with Crippen LogP contribution in [0.3, 0.4) is 0 Å². The number of nitrogens with one attached hydrogen (secondary N) is 1. The van der Waals surface area contributed by atoms with Crippen molar-refractivity contribution in [1.29, 1.82) is 0 Å². The minimum atomic E-state index is -0.941. The molecule has 2 aromatic heterocycles. The Kier molecular flexibility index (Phi) is 5.51. The average molecular weight is 376 g/mol. The molecule has 2 N–H and O–H groups in total. The zero-order valence-corrected chi connectivity index (χ0v) is 14.0. The summed E-state index contributed by atoms with van der Waals surface area (Å²) in [6.45, 7) is -1.04. The fourth-order valence-electron chi connectivity index (χ4n) is 2.47. The molecule has 9 heteroatoms. The van der Waals surface area contributed by atoms with E-state index >= 15 is 0 Å². The first kappa shape index (κ1) is 18.6. The van der Waals surface area contributed by atoms with E-state index in [1.807, 2.05) is 0 Å². The number of rotatable bonds is 6. The Bertz CT molecular complexity index is 975. The number of hydrogen-bond acceptors (Lipinski definition) is 4. The maximum atomic E-state index is 13.3. The summed E-state index contributed by atoms with van der Waals surface area (Å²) in [5, 5.41) is 11.6. The zero-order chi connectivity index (χ0) is 19.4. The van der Waals surface area contributed by atoms with Crippen molar-refractivity contribution in [2.75, 3.05) is 5.32 Å². The second-order valence-electron chi connectivity index (χ2n) is 5.76. The molecule has 0 aliphatic rings. The van der Waals surface area contributed by atoms with Crippen LogP contribution in [0.5, 0.6) is 0 Å². The van der Waals surface area contributed by atoms with E-state index in [4.69, 9.17) is 5.11 Å². The molecule has 2 heterocycles. The van der Waals surface area contributed by atoms with Gasteiger partial charge in [-0.3, -0.25) is 9.78 Å². The number of aliphatic hydroxyl groups is 1. The van der Waals surface area contributed by atoms with E-state index in [0.717, 1.165) is 12.1 Å². The molecule has 6 nitrogen and oxygen atoms in total. The Morgan fingerprint density at radius 2 is 2.00 bits per heavy atom. The van der Waals surface area contributed by atoms with E-state index in [1.54, 1.807) is 4.57 Å². The van der Waals surface area contributed by atoms with Crippen LogP contribution in [0, 0.1) is 11.6 Å². The third-order valence-electron chi connectivity index (χ3n) is 3.84. The Morgan fingerprint density at radius 3 is 2.70 bits per heavy atom. The first-order valence-corrected chi connectivity index (χ1v) is 7.92. The molecule has 0 saturated heterocycles. The number of carbonyl (C=O) groups excluding carboxylic acids is 1. The van der Waals surface area contributed by atoms with Crippen LogP contribution in [0.1, 0.15) is 27.2 Å². The zero-order valence-electron chi connectivity index (χ0n) is 14.0. The minimum Gasteiger partial charge on any atom is -0.390 e. The fraction of sp³-hybridized carbons (Fsp3) is 0.167. The summed E-state index contributed by atoms with van der Waals surface area (Å²) in [7, 11) is 0. The van der Waals surface area contributed by atoms with Crippen LogP contribution < -0.4 is 5.32 Å². The number of aromatic nitrogens is 3. The van der Waals surface area contributed by atoms with E-state index in [-0.39, 0.29) is 29.2 Å². The molecule has 0 spiro atoms. The summed E-state index contributed by atoms with van der Waals surface area (Å²) in [6.07, 6.45) is 4.18. The number of benzene rings is 1. The number of hydrogen-bond donors (Lipinski definition) is 2. The molecule has 0 unspecified atom stereocenters. The van der Waals surface area contributed by atoms with Crippen LogP contribution in [0.25, 0.3) is 0 Å². The van der Waals surface area contributed by atoms with Crippen molar-refractivity contribution in [2.24, 2.45) is 0 Å². The van der Waals surface area contributed by atoms with Gasteiger partial charge in [0.05, 0.1) is 24.2 Å². The molecule has 3 rings (SSSR count). The maximum absolute atomic E-state index is 13.3. The van der Waals surface area contributed by atoms with Crippen molar-refractivity contribution >= 4 is 11.7 Å². The van der Waals surface area contributed by atoms with Gasteiger partial charge in [-0.1, -0.05) is 6.07 Å². The highest BCUT2D eigenvalue weighted by atomic mass is 19.2. The Morgan fingerprint density at radius 1 is 1.19 bits per heavy atom. The predicted octanol–water partition coefficient (Wildman–Crippen LogP) is 2.82.